The van der Waals surface area contributed by atoms with Crippen molar-refractivity contribution in [3.05, 3.63) is 12.2 Å². The summed E-state index contributed by atoms with van der Waals surface area (Å²) in [4.78, 5) is 36.9. The van der Waals surface area contributed by atoms with Crippen LogP contribution in [0.5, 0.6) is 0 Å². The van der Waals surface area contributed by atoms with E-state index in [0.29, 0.717) is 24.8 Å². The van der Waals surface area contributed by atoms with Gasteiger partial charge >= 0.3 is 8.80 Å². The van der Waals surface area contributed by atoms with Gasteiger partial charge in [0, 0.05) is 12.5 Å². The van der Waals surface area contributed by atoms with Gasteiger partial charge in [0.05, 0.1) is 0 Å². The number of carbonyl (C=O) groups excluding carboxylic acids is 1. The Balaban J connectivity index is 3.47. The fourth-order valence-electron chi connectivity index (χ4n) is 0.861. The molecule has 0 rings (SSSR count). The molecule has 0 atom stereocenters. The summed E-state index contributed by atoms with van der Waals surface area (Å²) in [5.41, 5.74) is 0.514. The van der Waals surface area contributed by atoms with E-state index in [0.717, 1.165) is 0 Å². The summed E-state index contributed by atoms with van der Waals surface area (Å²) in [6.07, 6.45) is 1.37. The van der Waals surface area contributed by atoms with E-state index >= 15 is 0 Å². The molecule has 4 nitrogen and oxygen atoms in total. The minimum atomic E-state index is -3.89. The molecule has 0 spiro atoms. The van der Waals surface area contributed by atoms with E-state index in [1.165, 1.54) is 0 Å². The third kappa shape index (κ3) is 7.85. The van der Waals surface area contributed by atoms with Gasteiger partial charge in [-0.15, -0.1) is 0 Å². The molecule has 0 saturated carbocycles. The molecule has 0 aliphatic rings. The van der Waals surface area contributed by atoms with Crippen LogP contribution < -0.4 is 0 Å². The average Bonchev–Trinajstić information content (AvgIpc) is 1.95. The van der Waals surface area contributed by atoms with Crippen molar-refractivity contribution in [2.24, 2.45) is 0 Å². The van der Waals surface area contributed by atoms with Crippen LogP contribution in [-0.2, 0) is 4.79 Å². The van der Waals surface area contributed by atoms with Crippen molar-refractivity contribution in [3.63, 3.8) is 0 Å². The van der Waals surface area contributed by atoms with Crippen LogP contribution in [-0.4, -0.2) is 29.0 Å². The molecule has 0 bridgehead atoms. The fraction of sp³-hybridized carbons (Fsp3) is 0.625. The Morgan fingerprint density at radius 2 is 1.85 bits per heavy atom. The van der Waals surface area contributed by atoms with E-state index in [-0.39, 0.29) is 11.8 Å². The molecule has 0 aromatic rings. The summed E-state index contributed by atoms with van der Waals surface area (Å²) < 4.78 is 0. The molecule has 0 unspecified atom stereocenters. The molecular weight excluding hydrogens is 188 g/mol. The van der Waals surface area contributed by atoms with Crippen LogP contribution in [0.4, 0.5) is 0 Å². The highest BCUT2D eigenvalue weighted by molar-refractivity contribution is 6.56. The summed E-state index contributed by atoms with van der Waals surface area (Å²) in [5.74, 6) is -0.0129. The first-order valence-electron chi connectivity index (χ1n) is 4.19. The molecule has 0 fully saturated rings. The highest BCUT2D eigenvalue weighted by atomic mass is 28.4. The molecule has 3 N–H and O–H groups in total. The van der Waals surface area contributed by atoms with Crippen LogP contribution in [0.15, 0.2) is 12.2 Å². The number of unbranched alkanes of at least 4 members (excludes halogenated alkanes) is 1. The van der Waals surface area contributed by atoms with Crippen LogP contribution in [0, 0.1) is 0 Å². The van der Waals surface area contributed by atoms with Gasteiger partial charge in [-0.2, -0.15) is 0 Å². The van der Waals surface area contributed by atoms with Crippen LogP contribution in [0.1, 0.15) is 26.2 Å². The second kappa shape index (κ2) is 5.28. The third-order valence-electron chi connectivity index (χ3n) is 1.64. The van der Waals surface area contributed by atoms with Crippen LogP contribution >= 0.6 is 0 Å². The van der Waals surface area contributed by atoms with Crippen molar-refractivity contribution in [1.29, 1.82) is 0 Å². The lowest BCUT2D eigenvalue weighted by atomic mass is 10.1. The lowest BCUT2D eigenvalue weighted by molar-refractivity contribution is -0.115. The molecule has 0 radical (unpaired) electrons. The zero-order valence-corrected chi connectivity index (χ0v) is 8.79. The molecule has 5 heteroatoms. The monoisotopic (exact) mass is 204 g/mol. The van der Waals surface area contributed by atoms with Gasteiger partial charge in [0.15, 0.2) is 5.78 Å². The zero-order chi connectivity index (χ0) is 10.5. The number of hydrogen-bond donors (Lipinski definition) is 3. The van der Waals surface area contributed by atoms with Crippen LogP contribution in [0.25, 0.3) is 0 Å². The smallest absolute Gasteiger partial charge is 0.390 e. The first-order chi connectivity index (χ1) is 5.83. The largest absolute Gasteiger partial charge is 0.492 e. The van der Waals surface area contributed by atoms with Gasteiger partial charge in [-0.05, 0) is 25.3 Å². The SMILES string of the molecule is C=C(C)C(=O)CCCC[Si](O)(O)O. The number of allylic oxidation sites excluding steroid dienone is 1. The summed E-state index contributed by atoms with van der Waals surface area (Å²) in [6.45, 7) is 5.14. The minimum absolute atomic E-state index is 0.00350. The quantitative estimate of drug-likeness (QED) is 0.328. The highest BCUT2D eigenvalue weighted by Gasteiger charge is 2.25. The number of rotatable bonds is 6. The summed E-state index contributed by atoms with van der Waals surface area (Å²) in [6, 6.07) is -0.00350. The second-order valence-corrected chi connectivity index (χ2v) is 5.23. The summed E-state index contributed by atoms with van der Waals surface area (Å²) in [5, 5.41) is 0. The van der Waals surface area contributed by atoms with E-state index in [1.54, 1.807) is 6.92 Å². The average molecular weight is 204 g/mol. The summed E-state index contributed by atoms with van der Waals surface area (Å²) in [7, 11) is -3.89. The fourth-order valence-corrected chi connectivity index (χ4v) is 1.59. The molecule has 0 saturated heterocycles. The van der Waals surface area contributed by atoms with Crippen LogP contribution in [0.2, 0.25) is 6.04 Å². The van der Waals surface area contributed by atoms with Crippen molar-refractivity contribution < 1.29 is 19.2 Å². The molecule has 0 aromatic heterocycles. The standard InChI is InChI=1S/C8H16O4Si/c1-7(2)8(9)5-3-4-6-13(10,11)12/h10-12H,1,3-6H2,2H3. The van der Waals surface area contributed by atoms with Gasteiger partial charge in [-0.1, -0.05) is 6.58 Å². The van der Waals surface area contributed by atoms with E-state index in [9.17, 15) is 4.79 Å². The number of ketones is 1. The van der Waals surface area contributed by atoms with Crippen molar-refractivity contribution in [1.82, 2.24) is 0 Å². The number of Topliss-reactive ketones (excluding diaryl/α,β-unsaturated/α-hetero) is 1. The van der Waals surface area contributed by atoms with Crippen molar-refractivity contribution in [2.75, 3.05) is 0 Å². The van der Waals surface area contributed by atoms with Crippen molar-refractivity contribution in [3.8, 4) is 0 Å². The highest BCUT2D eigenvalue weighted by Crippen LogP contribution is 2.08. The van der Waals surface area contributed by atoms with Gasteiger partial charge in [0.1, 0.15) is 0 Å². The maximum atomic E-state index is 11.0. The van der Waals surface area contributed by atoms with Crippen molar-refractivity contribution in [2.45, 2.75) is 32.2 Å². The number of hydrogen-bond acceptors (Lipinski definition) is 4. The summed E-state index contributed by atoms with van der Waals surface area (Å²) >= 11 is 0. The van der Waals surface area contributed by atoms with Gasteiger partial charge in [-0.3, -0.25) is 4.79 Å². The minimum Gasteiger partial charge on any atom is -0.390 e. The van der Waals surface area contributed by atoms with Crippen LogP contribution in [0.3, 0.4) is 0 Å². The third-order valence-corrected chi connectivity index (χ3v) is 2.67. The Morgan fingerprint density at radius 3 is 2.23 bits per heavy atom. The van der Waals surface area contributed by atoms with Crippen molar-refractivity contribution >= 4 is 14.6 Å². The number of carbonyl (C=O) groups is 1. The van der Waals surface area contributed by atoms with Gasteiger partial charge in [0.25, 0.3) is 0 Å². The zero-order valence-electron chi connectivity index (χ0n) is 7.79. The molecule has 0 amide bonds. The lowest BCUT2D eigenvalue weighted by Gasteiger charge is -2.07. The lowest BCUT2D eigenvalue weighted by Crippen LogP contribution is -2.34. The molecule has 0 aromatic carbocycles. The first-order valence-corrected chi connectivity index (χ1v) is 6.23. The maximum Gasteiger partial charge on any atom is 0.492 e. The molecule has 76 valence electrons. The molecule has 0 aliphatic carbocycles. The topological polar surface area (TPSA) is 77.8 Å². The van der Waals surface area contributed by atoms with Gasteiger partial charge in [0.2, 0.25) is 0 Å². The predicted octanol–water partition coefficient (Wildman–Crippen LogP) is 0.218. The Labute approximate surface area is 78.9 Å². The van der Waals surface area contributed by atoms with Gasteiger partial charge < -0.3 is 14.4 Å². The molecule has 13 heavy (non-hydrogen) atoms. The Kier molecular flexibility index (Phi) is 5.08. The Morgan fingerprint density at radius 1 is 1.31 bits per heavy atom. The Hall–Kier alpha value is -0.493. The normalized spacial score (nSPS) is 11.4. The van der Waals surface area contributed by atoms with E-state index in [4.69, 9.17) is 14.4 Å². The van der Waals surface area contributed by atoms with E-state index in [2.05, 4.69) is 6.58 Å². The molecular formula is C8H16O4Si. The maximum absolute atomic E-state index is 11.0. The molecule has 0 aliphatic heterocycles. The predicted molar refractivity (Wildman–Crippen MR) is 50.9 cm³/mol. The second-order valence-electron chi connectivity index (χ2n) is 3.18. The Bertz CT molecular complexity index is 195. The molecule has 0 heterocycles. The van der Waals surface area contributed by atoms with E-state index < -0.39 is 8.80 Å². The van der Waals surface area contributed by atoms with Gasteiger partial charge in [-0.25, -0.2) is 0 Å². The first kappa shape index (κ1) is 12.5. The van der Waals surface area contributed by atoms with E-state index in [1.807, 2.05) is 0 Å².